The van der Waals surface area contributed by atoms with Crippen molar-refractivity contribution < 1.29 is 56.7 Å². The van der Waals surface area contributed by atoms with Crippen molar-refractivity contribution in [1.82, 2.24) is 68.7 Å². The normalized spacial score (nSPS) is 18.2. The zero-order valence-corrected chi connectivity index (χ0v) is 75.4. The summed E-state index contributed by atoms with van der Waals surface area (Å²) in [6.45, 7) is 50.9. The smallest absolute Gasteiger partial charge is 0.444 e. The standard InChI is InChI=1S/C50H70N10O6Si2.C36H50BN5O5Si/c1-49(2,3)65-47(61)57-21-13-15-39(57)43-55-41-45(59(43)31-63-23-25-67(7,8)9)51-29-37(53-41)35-19-17-34-28-36(20-18-33(34)27-35)38-30-52-46-42(54-38)56-44(60(46)32-64-24-26-68(10,11)12)40-16-14-22-58(40)48(62)66-50(4,5)6;1-34(2,3)45-33(43)41-17-11-12-29(41)31-40-30-32(42(31)23-44-18-19-48(8,9)10)38-22-28(39-30)26-14-13-25-21-27(16-15-24(25)20-26)37-46-35(4,5)36(6,7)47-37/h17-20,27-30,39-40H,13-16,21-26,31-32H2,1-12H3;13-16,20-22,29H,11-12,17-19,23H2,1-10H3/p+1/t39-,40-;29-/m00/s1. The largest absolute Gasteiger partial charge is 0.494 e. The van der Waals surface area contributed by atoms with E-state index in [2.05, 4.69) is 164 Å². The number of fused-ring (bicyclic) bond motifs is 5. The van der Waals surface area contributed by atoms with Crippen LogP contribution >= 0.6 is 0 Å². The number of carbonyl (C=O) groups excluding carboxylic acids is 3. The average Bonchev–Trinajstić information content (AvgIpc) is 1.61. The molecule has 30 heteroatoms. The monoisotopic (exact) mass is 1630 g/mol. The van der Waals surface area contributed by atoms with Crippen LogP contribution in [0.2, 0.25) is 77.1 Å². The lowest BCUT2D eigenvalue weighted by atomic mass is 9.78. The van der Waals surface area contributed by atoms with Gasteiger partial charge in [0.25, 0.3) is 5.65 Å². The van der Waals surface area contributed by atoms with Gasteiger partial charge in [0.1, 0.15) is 59.8 Å². The molecule has 620 valence electrons. The first kappa shape index (κ1) is 85.3. The molecule has 4 fully saturated rings. The molecule has 1 N–H and O–H groups in total. The van der Waals surface area contributed by atoms with Gasteiger partial charge in [-0.2, -0.15) is 0 Å². The van der Waals surface area contributed by atoms with Crippen molar-refractivity contribution in [3.8, 4) is 33.8 Å². The molecule has 0 radical (unpaired) electrons. The number of amides is 3. The summed E-state index contributed by atoms with van der Waals surface area (Å²) < 4.78 is 54.7. The molecule has 4 aromatic carbocycles. The first-order chi connectivity index (χ1) is 54.4. The van der Waals surface area contributed by atoms with Crippen molar-refractivity contribution >= 4 is 111 Å². The lowest BCUT2D eigenvalue weighted by Gasteiger charge is -2.32. The number of carbonyl (C=O) groups is 3. The highest BCUT2D eigenvalue weighted by Gasteiger charge is 2.52. The predicted octanol–water partition coefficient (Wildman–Crippen LogP) is 18.0. The van der Waals surface area contributed by atoms with Crippen LogP contribution in [0.3, 0.4) is 0 Å². The van der Waals surface area contributed by atoms with E-state index in [1.54, 1.807) is 22.2 Å². The lowest BCUT2D eigenvalue weighted by molar-refractivity contribution is -0.719. The van der Waals surface area contributed by atoms with Crippen LogP contribution in [0.25, 0.3) is 89.2 Å². The summed E-state index contributed by atoms with van der Waals surface area (Å²) in [7, 11) is -4.30. The second kappa shape index (κ2) is 33.3. The molecule has 10 heterocycles. The van der Waals surface area contributed by atoms with Crippen LogP contribution in [0.15, 0.2) is 91.4 Å². The van der Waals surface area contributed by atoms with E-state index < -0.39 is 59.3 Å². The Morgan fingerprint density at radius 3 is 1.28 bits per heavy atom. The summed E-state index contributed by atoms with van der Waals surface area (Å²) in [4.78, 5) is 89.0. The highest BCUT2D eigenvalue weighted by atomic mass is 28.3. The number of nitrogens with zero attached hydrogens (tertiary/aromatic N) is 14. The van der Waals surface area contributed by atoms with Crippen LogP contribution in [-0.2, 0) is 57.9 Å². The molecule has 4 aliphatic rings. The number of aromatic amines is 1. The Hall–Kier alpha value is -8.62. The second-order valence-electron chi connectivity index (χ2n) is 39.2. The van der Waals surface area contributed by atoms with Gasteiger partial charge in [-0.25, -0.2) is 53.8 Å². The lowest BCUT2D eigenvalue weighted by Crippen LogP contribution is -2.45. The van der Waals surface area contributed by atoms with Gasteiger partial charge in [0.15, 0.2) is 29.3 Å². The Bertz CT molecular complexity index is 5060. The Morgan fingerprint density at radius 2 is 0.862 bits per heavy atom. The summed E-state index contributed by atoms with van der Waals surface area (Å²) in [5.74, 6) is 2.27. The van der Waals surface area contributed by atoms with Gasteiger partial charge in [-0.1, -0.05) is 114 Å². The van der Waals surface area contributed by atoms with Crippen molar-refractivity contribution in [2.45, 2.75) is 272 Å². The second-order valence-corrected chi connectivity index (χ2v) is 56.1. The maximum absolute atomic E-state index is 13.4. The first-order valence-corrected chi connectivity index (χ1v) is 52.4. The highest BCUT2D eigenvalue weighted by molar-refractivity contribution is 6.76. The molecule has 0 unspecified atom stereocenters. The SMILES string of the molecule is CC(C)(C)OC(=O)N1CCC[C@H]1c1nc2nc(-c3ccc4cc(-c5cnc6c(n5)[nH]c([C@@H]5CCCN5C(=O)OC(C)(C)C)[n+]6COCC[Si](C)(C)C)ccc4c3)cnc2n1COCC[Si](C)(C)C.CC(C)(C)OC(=O)N1CCC[C@H]1c1nc2nc(-c3ccc4cc(B5OC(C)(C)C(C)(C)O5)ccc4c3)cnc2n1COCC[Si](C)(C)C. The fourth-order valence-electron chi connectivity index (χ4n) is 14.8. The van der Waals surface area contributed by atoms with Crippen molar-refractivity contribution in [1.29, 1.82) is 0 Å². The molecule has 3 atom stereocenters. The van der Waals surface area contributed by atoms with E-state index in [4.69, 9.17) is 77.6 Å². The Morgan fingerprint density at radius 1 is 0.491 bits per heavy atom. The Labute approximate surface area is 686 Å². The van der Waals surface area contributed by atoms with Crippen molar-refractivity contribution in [2.75, 3.05) is 39.5 Å². The Kier molecular flexibility index (Phi) is 24.5. The number of hydrogen-bond donors (Lipinski definition) is 1. The van der Waals surface area contributed by atoms with Crippen LogP contribution in [0.1, 0.15) is 164 Å². The van der Waals surface area contributed by atoms with Gasteiger partial charge in [0.2, 0.25) is 5.82 Å². The van der Waals surface area contributed by atoms with E-state index >= 15 is 0 Å². The minimum absolute atomic E-state index is 0.233. The number of imidazole rings is 3. The molecule has 0 saturated carbocycles. The van der Waals surface area contributed by atoms with E-state index in [1.807, 2.05) is 87.1 Å². The van der Waals surface area contributed by atoms with Crippen molar-refractivity contribution in [3.63, 3.8) is 0 Å². The van der Waals surface area contributed by atoms with Gasteiger partial charge in [0, 0.05) is 80.4 Å². The quantitative estimate of drug-likeness (QED) is 0.0286. The number of hydrogen-bond acceptors (Lipinski definition) is 19. The van der Waals surface area contributed by atoms with Crippen molar-refractivity contribution in [2.24, 2.45) is 0 Å². The summed E-state index contributed by atoms with van der Waals surface area (Å²) in [5.41, 5.74) is 6.90. The molecule has 0 aliphatic carbocycles. The number of ether oxygens (including phenoxy) is 6. The van der Waals surface area contributed by atoms with E-state index in [1.165, 1.54) is 0 Å². The van der Waals surface area contributed by atoms with Crippen LogP contribution in [0.5, 0.6) is 0 Å². The molecule has 4 saturated heterocycles. The third-order valence-corrected chi connectivity index (χ3v) is 27.0. The zero-order chi connectivity index (χ0) is 83.4. The zero-order valence-electron chi connectivity index (χ0n) is 72.4. The molecule has 26 nitrogen and oxygen atoms in total. The van der Waals surface area contributed by atoms with Gasteiger partial charge in [0.05, 0.1) is 47.1 Å². The molecule has 14 rings (SSSR count). The molecule has 0 spiro atoms. The van der Waals surface area contributed by atoms with E-state index in [-0.39, 0.29) is 43.1 Å². The molecular weight excluding hydrogens is 1510 g/mol. The first-order valence-electron chi connectivity index (χ1n) is 41.3. The van der Waals surface area contributed by atoms with E-state index in [9.17, 15) is 14.4 Å². The predicted molar refractivity (Wildman–Crippen MR) is 462 cm³/mol. The molecule has 116 heavy (non-hydrogen) atoms. The van der Waals surface area contributed by atoms with Gasteiger partial charge in [-0.3, -0.25) is 28.8 Å². The summed E-state index contributed by atoms with van der Waals surface area (Å²) in [6.07, 6.45) is 9.27. The molecule has 6 aromatic heterocycles. The average molecular weight is 1640 g/mol. The summed E-state index contributed by atoms with van der Waals surface area (Å²) in [6, 6.07) is 27.5. The Balaban J connectivity index is 0.000000214. The van der Waals surface area contributed by atoms with Crippen LogP contribution in [0.4, 0.5) is 14.4 Å². The maximum atomic E-state index is 13.4. The highest BCUT2D eigenvalue weighted by Crippen LogP contribution is 2.41. The van der Waals surface area contributed by atoms with Crippen LogP contribution < -0.4 is 10.0 Å². The molecule has 10 aromatic rings. The van der Waals surface area contributed by atoms with Crippen LogP contribution in [0, 0.1) is 0 Å². The van der Waals surface area contributed by atoms with Gasteiger partial charge < -0.3 is 37.7 Å². The number of likely N-dealkylation sites (tertiary alicyclic amines) is 3. The summed E-state index contributed by atoms with van der Waals surface area (Å²) in [5, 5.41) is 4.23. The fourth-order valence-corrected chi connectivity index (χ4v) is 17.1. The van der Waals surface area contributed by atoms with Gasteiger partial charge in [-0.15, -0.1) is 4.98 Å². The molecular formula is C86H121BN15O11Si3+. The number of H-pyrrole nitrogens is 1. The maximum Gasteiger partial charge on any atom is 0.494 e. The molecule has 0 bridgehead atoms. The third-order valence-electron chi connectivity index (χ3n) is 21.8. The number of rotatable bonds is 22. The molecule has 4 aliphatic heterocycles. The topological polar surface area (TPSA) is 267 Å². The fraction of sp³-hybridized carbons (Fsp3) is 0.558. The minimum atomic E-state index is -1.31. The summed E-state index contributed by atoms with van der Waals surface area (Å²) >= 11 is 0. The van der Waals surface area contributed by atoms with Gasteiger partial charge in [-0.05, 0) is 192 Å². The minimum Gasteiger partial charge on any atom is -0.444 e. The van der Waals surface area contributed by atoms with Gasteiger partial charge >= 0.3 is 31.0 Å². The molecule has 3 amide bonds. The van der Waals surface area contributed by atoms with E-state index in [0.29, 0.717) is 98.3 Å². The number of aromatic nitrogens is 12. The van der Waals surface area contributed by atoms with E-state index in [0.717, 1.165) is 123 Å². The van der Waals surface area contributed by atoms with Crippen molar-refractivity contribution in [3.05, 3.63) is 109 Å². The van der Waals surface area contributed by atoms with Crippen LogP contribution in [-0.4, -0.2) is 186 Å². The third kappa shape index (κ3) is 20.2. The number of nitrogens with one attached hydrogen (secondary N) is 1. The number of benzene rings is 4.